The van der Waals surface area contributed by atoms with Gasteiger partial charge in [-0.25, -0.2) is 8.42 Å². The summed E-state index contributed by atoms with van der Waals surface area (Å²) in [6.07, 6.45) is 2.76. The van der Waals surface area contributed by atoms with Gasteiger partial charge in [0.05, 0.1) is 5.75 Å². The Balaban J connectivity index is 1.75. The molecule has 0 fully saturated rings. The molecule has 8 heteroatoms. The number of amides is 2. The molecule has 0 spiro atoms. The molecule has 1 aromatic heterocycles. The summed E-state index contributed by atoms with van der Waals surface area (Å²) in [5.74, 6) is -2.01. The minimum atomic E-state index is -3.53. The molecule has 0 atom stereocenters. The highest BCUT2D eigenvalue weighted by molar-refractivity contribution is 7.92. The molecule has 0 saturated carbocycles. The molecule has 0 radical (unpaired) electrons. The van der Waals surface area contributed by atoms with Gasteiger partial charge in [-0.15, -0.1) is 0 Å². The van der Waals surface area contributed by atoms with E-state index in [0.29, 0.717) is 18.5 Å². The van der Waals surface area contributed by atoms with Crippen molar-refractivity contribution in [2.45, 2.75) is 12.8 Å². The normalized spacial score (nSPS) is 11.1. The quantitative estimate of drug-likeness (QED) is 0.712. The molecule has 0 aliphatic rings. The van der Waals surface area contributed by atoms with E-state index < -0.39 is 27.4 Å². The summed E-state index contributed by atoms with van der Waals surface area (Å²) in [5, 5.41) is 0. The van der Waals surface area contributed by atoms with Crippen molar-refractivity contribution in [1.29, 1.82) is 0 Å². The van der Waals surface area contributed by atoms with Crippen molar-refractivity contribution >= 4 is 21.7 Å². The molecule has 2 N–H and O–H groups in total. The molecule has 0 aliphatic heterocycles. The molecule has 0 unspecified atom stereocenters. The van der Waals surface area contributed by atoms with E-state index in [-0.39, 0.29) is 5.75 Å². The highest BCUT2D eigenvalue weighted by Crippen LogP contribution is 2.04. The first-order valence-electron chi connectivity index (χ1n) is 7.82. The number of nitrogens with one attached hydrogen (secondary N) is 2. The summed E-state index contributed by atoms with van der Waals surface area (Å²) in [6.45, 7) is 0. The van der Waals surface area contributed by atoms with Gasteiger partial charge in [0, 0.05) is 13.2 Å². The number of hydrogen-bond donors (Lipinski definition) is 2. The second-order valence-electron chi connectivity index (χ2n) is 5.69. The van der Waals surface area contributed by atoms with Gasteiger partial charge >= 0.3 is 0 Å². The second-order valence-corrected chi connectivity index (χ2v) is 7.87. The van der Waals surface area contributed by atoms with Gasteiger partial charge in [-0.3, -0.25) is 20.4 Å². The number of aryl methyl sites for hydroxylation is 2. The van der Waals surface area contributed by atoms with Crippen LogP contribution in [-0.4, -0.2) is 36.3 Å². The fourth-order valence-corrected chi connectivity index (χ4v) is 3.54. The number of aromatic nitrogens is 1. The number of nitrogens with zero attached hydrogens (tertiary/aromatic N) is 1. The summed E-state index contributed by atoms with van der Waals surface area (Å²) in [4.78, 5) is 23.6. The van der Waals surface area contributed by atoms with E-state index in [0.717, 1.165) is 5.56 Å². The summed E-state index contributed by atoms with van der Waals surface area (Å²) in [5.41, 5.74) is 5.74. The minimum Gasteiger partial charge on any atom is -0.347 e. The monoisotopic (exact) mass is 363 g/mol. The third kappa shape index (κ3) is 6.07. The number of benzene rings is 1. The Kier molecular flexibility index (Phi) is 6.35. The maximum absolute atomic E-state index is 12.0. The molecule has 2 amide bonds. The zero-order chi connectivity index (χ0) is 18.3. The second kappa shape index (κ2) is 8.48. The molecule has 2 aromatic rings. The first-order valence-corrected chi connectivity index (χ1v) is 9.64. The Morgan fingerprint density at radius 3 is 2.40 bits per heavy atom. The van der Waals surface area contributed by atoms with Crippen LogP contribution in [0.15, 0.2) is 48.7 Å². The molecule has 7 nitrogen and oxygen atoms in total. The molecule has 25 heavy (non-hydrogen) atoms. The minimum absolute atomic E-state index is 0.0823. The van der Waals surface area contributed by atoms with Crippen molar-refractivity contribution in [3.63, 3.8) is 0 Å². The van der Waals surface area contributed by atoms with Crippen molar-refractivity contribution in [2.75, 3.05) is 11.5 Å². The Morgan fingerprint density at radius 1 is 1.04 bits per heavy atom. The van der Waals surface area contributed by atoms with Crippen molar-refractivity contribution < 1.29 is 18.0 Å². The summed E-state index contributed by atoms with van der Waals surface area (Å²) in [7, 11) is -1.84. The van der Waals surface area contributed by atoms with Gasteiger partial charge < -0.3 is 4.57 Å². The van der Waals surface area contributed by atoms with Crippen molar-refractivity contribution in [3.8, 4) is 0 Å². The van der Waals surface area contributed by atoms with E-state index in [1.807, 2.05) is 30.3 Å². The molecule has 1 heterocycles. The lowest BCUT2D eigenvalue weighted by Gasteiger charge is -2.08. The van der Waals surface area contributed by atoms with Gasteiger partial charge in [0.15, 0.2) is 9.84 Å². The highest BCUT2D eigenvalue weighted by atomic mass is 32.2. The van der Waals surface area contributed by atoms with E-state index in [2.05, 4.69) is 10.9 Å². The van der Waals surface area contributed by atoms with E-state index in [1.165, 1.54) is 0 Å². The fourth-order valence-electron chi connectivity index (χ4n) is 2.34. The van der Waals surface area contributed by atoms with E-state index >= 15 is 0 Å². The Hall–Kier alpha value is -2.61. The molecule has 0 saturated heterocycles. The SMILES string of the molecule is Cn1cccc1C(=O)NNC(=O)CS(=O)(=O)CCCc1ccccc1. The molecule has 0 bridgehead atoms. The van der Waals surface area contributed by atoms with Crippen LogP contribution in [0.3, 0.4) is 0 Å². The van der Waals surface area contributed by atoms with Crippen LogP contribution in [0.5, 0.6) is 0 Å². The van der Waals surface area contributed by atoms with Crippen molar-refractivity contribution in [2.24, 2.45) is 7.05 Å². The number of carbonyl (C=O) groups excluding carboxylic acids is 2. The van der Waals surface area contributed by atoms with Gasteiger partial charge in [0.2, 0.25) is 0 Å². The molecule has 1 aromatic carbocycles. The molecule has 2 rings (SSSR count). The van der Waals surface area contributed by atoms with Crippen molar-refractivity contribution in [3.05, 3.63) is 59.9 Å². The predicted octanol–water partition coefficient (Wildman–Crippen LogP) is 0.834. The fraction of sp³-hybridized carbons (Fsp3) is 0.294. The zero-order valence-corrected chi connectivity index (χ0v) is 14.8. The highest BCUT2D eigenvalue weighted by Gasteiger charge is 2.17. The lowest BCUT2D eigenvalue weighted by atomic mass is 10.1. The summed E-state index contributed by atoms with van der Waals surface area (Å²) >= 11 is 0. The van der Waals surface area contributed by atoms with Crippen LogP contribution in [0, 0.1) is 0 Å². The number of sulfone groups is 1. The maximum atomic E-state index is 12.0. The first-order chi connectivity index (χ1) is 11.9. The lowest BCUT2D eigenvalue weighted by molar-refractivity contribution is -0.119. The topological polar surface area (TPSA) is 97.3 Å². The molecular formula is C17H21N3O4S. The Morgan fingerprint density at radius 2 is 1.76 bits per heavy atom. The van der Waals surface area contributed by atoms with Crippen molar-refractivity contribution in [1.82, 2.24) is 15.4 Å². The first kappa shape index (κ1) is 18.7. The maximum Gasteiger partial charge on any atom is 0.286 e. The molecule has 134 valence electrons. The van der Waals surface area contributed by atoms with E-state index in [1.54, 1.807) is 29.9 Å². The van der Waals surface area contributed by atoms with Crippen LogP contribution < -0.4 is 10.9 Å². The van der Waals surface area contributed by atoms with E-state index in [9.17, 15) is 18.0 Å². The third-order valence-electron chi connectivity index (χ3n) is 3.61. The molecular weight excluding hydrogens is 342 g/mol. The average Bonchev–Trinajstić information content (AvgIpc) is 2.99. The van der Waals surface area contributed by atoms with Gasteiger partial charge in [0.25, 0.3) is 11.8 Å². The smallest absolute Gasteiger partial charge is 0.286 e. The third-order valence-corrected chi connectivity index (χ3v) is 5.22. The van der Waals surface area contributed by atoms with Gasteiger partial charge in [0.1, 0.15) is 11.4 Å². The van der Waals surface area contributed by atoms with Crippen LogP contribution in [0.2, 0.25) is 0 Å². The lowest BCUT2D eigenvalue weighted by Crippen LogP contribution is -2.44. The van der Waals surface area contributed by atoms with Crippen LogP contribution in [0.1, 0.15) is 22.5 Å². The Labute approximate surface area is 146 Å². The largest absolute Gasteiger partial charge is 0.347 e. The van der Waals surface area contributed by atoms with Gasteiger partial charge in [-0.1, -0.05) is 30.3 Å². The number of carbonyl (C=O) groups is 2. The van der Waals surface area contributed by atoms with Crippen LogP contribution in [-0.2, 0) is 28.1 Å². The number of hydrazine groups is 1. The number of hydrogen-bond acceptors (Lipinski definition) is 4. The standard InChI is InChI=1S/C17H21N3O4S/c1-20-11-5-10-15(20)17(22)19-18-16(21)13-25(23,24)12-6-9-14-7-3-2-4-8-14/h2-5,7-8,10-11H,6,9,12-13H2,1H3,(H,18,21)(H,19,22). The summed E-state index contributed by atoms with van der Waals surface area (Å²) in [6, 6.07) is 12.8. The zero-order valence-electron chi connectivity index (χ0n) is 13.9. The van der Waals surface area contributed by atoms with Gasteiger partial charge in [-0.05, 0) is 30.5 Å². The van der Waals surface area contributed by atoms with Crippen LogP contribution >= 0.6 is 0 Å². The van der Waals surface area contributed by atoms with Crippen LogP contribution in [0.4, 0.5) is 0 Å². The number of rotatable bonds is 7. The summed E-state index contributed by atoms with van der Waals surface area (Å²) < 4.78 is 25.5. The Bertz CT molecular complexity index is 829. The molecule has 0 aliphatic carbocycles. The average molecular weight is 363 g/mol. The predicted molar refractivity (Wildman–Crippen MR) is 94.4 cm³/mol. The van der Waals surface area contributed by atoms with E-state index in [4.69, 9.17) is 0 Å². The van der Waals surface area contributed by atoms with Gasteiger partial charge in [-0.2, -0.15) is 0 Å². The van der Waals surface area contributed by atoms with Crippen LogP contribution in [0.25, 0.3) is 0 Å².